The predicted molar refractivity (Wildman–Crippen MR) is 82.4 cm³/mol. The van der Waals surface area contributed by atoms with E-state index in [1.54, 1.807) is 14.2 Å². The van der Waals surface area contributed by atoms with Crippen molar-refractivity contribution in [3.8, 4) is 11.5 Å². The van der Waals surface area contributed by atoms with E-state index < -0.39 is 0 Å². The van der Waals surface area contributed by atoms with Crippen molar-refractivity contribution in [2.75, 3.05) is 24.9 Å². The normalized spacial score (nSPS) is 10.3. The van der Waals surface area contributed by atoms with E-state index in [9.17, 15) is 0 Å². The van der Waals surface area contributed by atoms with Crippen molar-refractivity contribution < 1.29 is 9.47 Å². The molecule has 4 heteroatoms. The number of anilines is 2. The Kier molecular flexibility index (Phi) is 4.89. The van der Waals surface area contributed by atoms with Gasteiger partial charge in [-0.25, -0.2) is 0 Å². The molecule has 0 radical (unpaired) electrons. The van der Waals surface area contributed by atoms with Crippen molar-refractivity contribution in [1.82, 2.24) is 0 Å². The second-order valence-electron chi connectivity index (χ2n) is 4.08. The van der Waals surface area contributed by atoms with Crippen LogP contribution in [0.15, 0.2) is 60.9 Å². The van der Waals surface area contributed by atoms with Gasteiger partial charge in [-0.3, -0.25) is 0 Å². The van der Waals surface area contributed by atoms with Crippen LogP contribution in [0.5, 0.6) is 11.5 Å². The van der Waals surface area contributed by atoms with Crippen molar-refractivity contribution >= 4 is 11.4 Å². The number of hydrogen-bond donors (Lipinski definition) is 2. The molecule has 2 aromatic rings. The zero-order valence-electron chi connectivity index (χ0n) is 11.6. The molecule has 0 atom stereocenters. The van der Waals surface area contributed by atoms with Crippen LogP contribution in [0.3, 0.4) is 0 Å². The van der Waals surface area contributed by atoms with Gasteiger partial charge < -0.3 is 20.1 Å². The quantitative estimate of drug-likeness (QED) is 0.840. The van der Waals surface area contributed by atoms with Crippen LogP contribution in [-0.4, -0.2) is 14.2 Å². The summed E-state index contributed by atoms with van der Waals surface area (Å²) in [5.74, 6) is 1.69. The van der Waals surface area contributed by atoms with Gasteiger partial charge in [-0.2, -0.15) is 0 Å². The Morgan fingerprint density at radius 2 is 1.00 bits per heavy atom. The van der Waals surface area contributed by atoms with Gasteiger partial charge in [0.15, 0.2) is 0 Å². The Bertz CT molecular complexity index is 496. The maximum atomic E-state index is 5.10. The first-order chi connectivity index (χ1) is 9.81. The third kappa shape index (κ3) is 3.95. The molecule has 0 spiro atoms. The summed E-state index contributed by atoms with van der Waals surface area (Å²) in [5, 5.41) is 6.33. The molecule has 4 nitrogen and oxygen atoms in total. The molecule has 0 aliphatic carbocycles. The molecule has 104 valence electrons. The molecule has 2 N–H and O–H groups in total. The molecule has 2 rings (SSSR count). The van der Waals surface area contributed by atoms with Gasteiger partial charge >= 0.3 is 0 Å². The standard InChI is InChI=1S/C16H18N2O2/c1-19-15-7-3-13(4-8-15)17-11-12-18-14-5-9-16(20-2)10-6-14/h3-12,17-18H,1-2H3/b12-11+. The number of hydrogen-bond acceptors (Lipinski definition) is 4. The van der Waals surface area contributed by atoms with Crippen LogP contribution in [0.2, 0.25) is 0 Å². The van der Waals surface area contributed by atoms with Crippen molar-refractivity contribution in [2.24, 2.45) is 0 Å². The summed E-state index contributed by atoms with van der Waals surface area (Å²) < 4.78 is 10.2. The van der Waals surface area contributed by atoms with Gasteiger partial charge in [-0.15, -0.1) is 0 Å². The third-order valence-electron chi connectivity index (χ3n) is 2.76. The molecule has 0 unspecified atom stereocenters. The lowest BCUT2D eigenvalue weighted by Crippen LogP contribution is -1.92. The first-order valence-corrected chi connectivity index (χ1v) is 6.28. The summed E-state index contributed by atoms with van der Waals surface area (Å²) in [6, 6.07) is 15.5. The molecule has 0 aliphatic rings. The monoisotopic (exact) mass is 270 g/mol. The highest BCUT2D eigenvalue weighted by atomic mass is 16.5. The fraction of sp³-hybridized carbons (Fsp3) is 0.125. The Hall–Kier alpha value is -2.62. The lowest BCUT2D eigenvalue weighted by atomic mass is 10.3. The third-order valence-corrected chi connectivity index (χ3v) is 2.76. The zero-order valence-corrected chi connectivity index (χ0v) is 11.6. The van der Waals surface area contributed by atoms with Crippen LogP contribution in [0, 0.1) is 0 Å². The van der Waals surface area contributed by atoms with Crippen molar-refractivity contribution in [1.29, 1.82) is 0 Å². The van der Waals surface area contributed by atoms with Crippen LogP contribution in [0.1, 0.15) is 0 Å². The maximum Gasteiger partial charge on any atom is 0.119 e. The van der Waals surface area contributed by atoms with Crippen LogP contribution < -0.4 is 20.1 Å². The molecule has 0 bridgehead atoms. The van der Waals surface area contributed by atoms with Crippen LogP contribution in [-0.2, 0) is 0 Å². The molecular formula is C16H18N2O2. The molecule has 0 heterocycles. The summed E-state index contributed by atoms with van der Waals surface area (Å²) >= 11 is 0. The minimum atomic E-state index is 0.843. The van der Waals surface area contributed by atoms with Gasteiger partial charge in [-0.1, -0.05) is 0 Å². The van der Waals surface area contributed by atoms with Crippen LogP contribution in [0.25, 0.3) is 0 Å². The minimum absolute atomic E-state index is 0.843. The first kappa shape index (κ1) is 13.8. The molecule has 0 amide bonds. The van der Waals surface area contributed by atoms with E-state index in [1.165, 1.54) is 0 Å². The topological polar surface area (TPSA) is 42.5 Å². The Morgan fingerprint density at radius 1 is 0.650 bits per heavy atom. The molecule has 0 saturated carbocycles. The molecule has 20 heavy (non-hydrogen) atoms. The van der Waals surface area contributed by atoms with Gasteiger partial charge in [-0.05, 0) is 48.5 Å². The molecule has 0 saturated heterocycles. The highest BCUT2D eigenvalue weighted by Crippen LogP contribution is 2.16. The molecule has 0 aromatic heterocycles. The second-order valence-corrected chi connectivity index (χ2v) is 4.08. The lowest BCUT2D eigenvalue weighted by Gasteiger charge is -2.04. The van der Waals surface area contributed by atoms with Gasteiger partial charge in [0.1, 0.15) is 11.5 Å². The largest absolute Gasteiger partial charge is 0.497 e. The van der Waals surface area contributed by atoms with Crippen LogP contribution >= 0.6 is 0 Å². The number of benzene rings is 2. The average molecular weight is 270 g/mol. The van der Waals surface area contributed by atoms with E-state index in [1.807, 2.05) is 60.9 Å². The maximum absolute atomic E-state index is 5.10. The molecule has 0 fully saturated rings. The lowest BCUT2D eigenvalue weighted by molar-refractivity contribution is 0.415. The van der Waals surface area contributed by atoms with Gasteiger partial charge in [0.2, 0.25) is 0 Å². The number of rotatable bonds is 6. The fourth-order valence-corrected chi connectivity index (χ4v) is 1.65. The van der Waals surface area contributed by atoms with E-state index in [-0.39, 0.29) is 0 Å². The highest BCUT2D eigenvalue weighted by Gasteiger charge is 1.92. The minimum Gasteiger partial charge on any atom is -0.497 e. The van der Waals surface area contributed by atoms with Gasteiger partial charge in [0.05, 0.1) is 14.2 Å². The van der Waals surface area contributed by atoms with Crippen molar-refractivity contribution in [3.63, 3.8) is 0 Å². The van der Waals surface area contributed by atoms with E-state index in [2.05, 4.69) is 10.6 Å². The Labute approximate surface area is 119 Å². The van der Waals surface area contributed by atoms with E-state index in [0.717, 1.165) is 22.9 Å². The van der Waals surface area contributed by atoms with E-state index in [4.69, 9.17) is 9.47 Å². The molecular weight excluding hydrogens is 252 g/mol. The Morgan fingerprint density at radius 3 is 1.30 bits per heavy atom. The second kappa shape index (κ2) is 7.09. The van der Waals surface area contributed by atoms with Crippen molar-refractivity contribution in [3.05, 3.63) is 60.9 Å². The Balaban J connectivity index is 1.83. The highest BCUT2D eigenvalue weighted by molar-refractivity contribution is 5.51. The average Bonchev–Trinajstić information content (AvgIpc) is 2.53. The smallest absolute Gasteiger partial charge is 0.119 e. The number of nitrogens with one attached hydrogen (secondary N) is 2. The molecule has 0 aliphatic heterocycles. The SMILES string of the molecule is COc1ccc(N/C=C/Nc2ccc(OC)cc2)cc1. The predicted octanol–water partition coefficient (Wildman–Crippen LogP) is 3.70. The number of ether oxygens (including phenoxy) is 2. The zero-order chi connectivity index (χ0) is 14.2. The van der Waals surface area contributed by atoms with Gasteiger partial charge in [0.25, 0.3) is 0 Å². The van der Waals surface area contributed by atoms with Crippen LogP contribution in [0.4, 0.5) is 11.4 Å². The fourth-order valence-electron chi connectivity index (χ4n) is 1.65. The molecule has 2 aromatic carbocycles. The summed E-state index contributed by atoms with van der Waals surface area (Å²) in [5.41, 5.74) is 2.00. The van der Waals surface area contributed by atoms with E-state index in [0.29, 0.717) is 0 Å². The van der Waals surface area contributed by atoms with Gasteiger partial charge in [0, 0.05) is 23.8 Å². The first-order valence-electron chi connectivity index (χ1n) is 6.28. The van der Waals surface area contributed by atoms with Crippen molar-refractivity contribution in [2.45, 2.75) is 0 Å². The summed E-state index contributed by atoms with van der Waals surface area (Å²) in [4.78, 5) is 0. The summed E-state index contributed by atoms with van der Waals surface area (Å²) in [6.07, 6.45) is 3.68. The summed E-state index contributed by atoms with van der Waals surface area (Å²) in [7, 11) is 3.31. The summed E-state index contributed by atoms with van der Waals surface area (Å²) in [6.45, 7) is 0. The van der Waals surface area contributed by atoms with E-state index >= 15 is 0 Å². The number of methoxy groups -OCH3 is 2.